The summed E-state index contributed by atoms with van der Waals surface area (Å²) in [6.07, 6.45) is 0.402. The van der Waals surface area contributed by atoms with Crippen LogP contribution in [0.25, 0.3) is 0 Å². The molecule has 3 rings (SSSR count). The molecule has 1 saturated heterocycles. The third-order valence-corrected chi connectivity index (χ3v) is 6.27. The average molecular weight is 415 g/mol. The number of amides is 3. The Kier molecular flexibility index (Phi) is 5.97. The van der Waals surface area contributed by atoms with Gasteiger partial charge in [-0.15, -0.1) is 0 Å². The maximum absolute atomic E-state index is 12.4. The van der Waals surface area contributed by atoms with Gasteiger partial charge in [0, 0.05) is 28.5 Å². The van der Waals surface area contributed by atoms with E-state index in [-0.39, 0.29) is 23.2 Å². The Bertz CT molecular complexity index is 1050. The van der Waals surface area contributed by atoms with Crippen LogP contribution in [-0.4, -0.2) is 43.7 Å². The molecule has 1 fully saturated rings. The zero-order valence-electron chi connectivity index (χ0n) is 15.8. The van der Waals surface area contributed by atoms with Crippen molar-refractivity contribution in [3.63, 3.8) is 0 Å². The summed E-state index contributed by atoms with van der Waals surface area (Å²) in [5, 5.41) is 7.97. The predicted octanol–water partition coefficient (Wildman–Crippen LogP) is 2.45. The van der Waals surface area contributed by atoms with Gasteiger partial charge in [-0.25, -0.2) is 13.2 Å². The molecule has 9 heteroatoms. The number of anilines is 2. The van der Waals surface area contributed by atoms with Crippen molar-refractivity contribution >= 4 is 38.9 Å². The molecule has 0 radical (unpaired) electrons. The number of carbonyl (C=O) groups excluding carboxylic acids is 3. The van der Waals surface area contributed by atoms with E-state index in [1.54, 1.807) is 48.5 Å². The van der Waals surface area contributed by atoms with Gasteiger partial charge in [-0.05, 0) is 49.7 Å². The van der Waals surface area contributed by atoms with Gasteiger partial charge >= 0.3 is 6.03 Å². The van der Waals surface area contributed by atoms with Crippen molar-refractivity contribution in [1.82, 2.24) is 5.32 Å². The van der Waals surface area contributed by atoms with Crippen molar-refractivity contribution in [3.05, 3.63) is 59.7 Å². The van der Waals surface area contributed by atoms with Crippen LogP contribution in [0.15, 0.2) is 48.5 Å². The van der Waals surface area contributed by atoms with Crippen molar-refractivity contribution in [2.75, 3.05) is 22.1 Å². The summed E-state index contributed by atoms with van der Waals surface area (Å²) in [7, 11) is -3.07. The first kappa shape index (κ1) is 20.5. The van der Waals surface area contributed by atoms with Crippen molar-refractivity contribution in [1.29, 1.82) is 0 Å². The monoisotopic (exact) mass is 415 g/mol. The van der Waals surface area contributed by atoms with Gasteiger partial charge in [0.15, 0.2) is 15.6 Å². The van der Waals surface area contributed by atoms with Gasteiger partial charge in [0.05, 0.1) is 11.5 Å². The van der Waals surface area contributed by atoms with Gasteiger partial charge in [0.1, 0.15) is 0 Å². The Morgan fingerprint density at radius 1 is 0.931 bits per heavy atom. The molecule has 1 atom stereocenters. The third-order valence-electron chi connectivity index (χ3n) is 4.50. The number of benzene rings is 2. The van der Waals surface area contributed by atoms with Crippen LogP contribution in [0, 0.1) is 0 Å². The highest BCUT2D eigenvalue weighted by molar-refractivity contribution is 7.91. The molecule has 0 saturated carbocycles. The van der Waals surface area contributed by atoms with E-state index in [1.807, 2.05) is 0 Å². The number of carbonyl (C=O) groups is 3. The molecule has 3 amide bonds. The second kappa shape index (κ2) is 8.44. The first-order chi connectivity index (χ1) is 13.7. The van der Waals surface area contributed by atoms with Gasteiger partial charge in [-0.1, -0.05) is 12.1 Å². The number of sulfone groups is 1. The summed E-state index contributed by atoms with van der Waals surface area (Å²) in [5.74, 6) is -0.413. The Labute approximate surface area is 168 Å². The molecular formula is C20H21N3O5S. The van der Waals surface area contributed by atoms with Gasteiger partial charge in [0.2, 0.25) is 0 Å². The third kappa shape index (κ3) is 5.64. The summed E-state index contributed by atoms with van der Waals surface area (Å²) in [4.78, 5) is 35.8. The molecule has 29 heavy (non-hydrogen) atoms. The van der Waals surface area contributed by atoms with Crippen LogP contribution < -0.4 is 16.0 Å². The minimum Gasteiger partial charge on any atom is -0.334 e. The highest BCUT2D eigenvalue weighted by Crippen LogP contribution is 2.15. The van der Waals surface area contributed by atoms with E-state index in [9.17, 15) is 22.8 Å². The lowest BCUT2D eigenvalue weighted by Crippen LogP contribution is -2.38. The molecule has 0 aliphatic carbocycles. The van der Waals surface area contributed by atoms with E-state index in [2.05, 4.69) is 16.0 Å². The van der Waals surface area contributed by atoms with Crippen LogP contribution in [0.4, 0.5) is 16.2 Å². The normalized spacial score (nSPS) is 17.3. The molecular weight excluding hydrogens is 394 g/mol. The van der Waals surface area contributed by atoms with E-state index in [1.165, 1.54) is 6.92 Å². The first-order valence-corrected chi connectivity index (χ1v) is 10.8. The molecule has 0 spiro atoms. The fraction of sp³-hybridized carbons (Fsp3) is 0.250. The first-order valence-electron chi connectivity index (χ1n) is 9.02. The fourth-order valence-electron chi connectivity index (χ4n) is 2.99. The Hall–Kier alpha value is -3.20. The quantitative estimate of drug-likeness (QED) is 0.648. The molecule has 2 aromatic rings. The fourth-order valence-corrected chi connectivity index (χ4v) is 4.66. The van der Waals surface area contributed by atoms with Crippen molar-refractivity contribution in [2.45, 2.75) is 19.4 Å². The highest BCUT2D eigenvalue weighted by Gasteiger charge is 2.28. The van der Waals surface area contributed by atoms with Crippen molar-refractivity contribution in [2.24, 2.45) is 0 Å². The standard InChI is InChI=1S/C20H21N3O5S/c1-13(24)15-3-2-4-17(11-15)21-19(25)14-5-7-16(8-6-14)22-20(26)23-18-9-10-29(27,28)12-18/h2-8,11,18H,9-10,12H2,1H3,(H,21,25)(H2,22,23,26). The number of urea groups is 1. The van der Waals surface area contributed by atoms with E-state index in [4.69, 9.17) is 0 Å². The summed E-state index contributed by atoms with van der Waals surface area (Å²) in [6, 6.07) is 12.0. The molecule has 152 valence electrons. The van der Waals surface area contributed by atoms with Crippen LogP contribution in [0.3, 0.4) is 0 Å². The smallest absolute Gasteiger partial charge is 0.319 e. The number of ketones is 1. The number of hydrogen-bond acceptors (Lipinski definition) is 5. The van der Waals surface area contributed by atoms with E-state index in [0.717, 1.165) is 0 Å². The molecule has 3 N–H and O–H groups in total. The minimum absolute atomic E-state index is 0.0512. The number of Topliss-reactive ketones (excluding diaryl/α,β-unsaturated/α-hetero) is 1. The van der Waals surface area contributed by atoms with Crippen LogP contribution in [0.1, 0.15) is 34.1 Å². The van der Waals surface area contributed by atoms with Crippen LogP contribution in [0.2, 0.25) is 0 Å². The zero-order chi connectivity index (χ0) is 21.0. The zero-order valence-corrected chi connectivity index (χ0v) is 16.6. The van der Waals surface area contributed by atoms with Gasteiger partial charge in [-0.2, -0.15) is 0 Å². The maximum atomic E-state index is 12.4. The van der Waals surface area contributed by atoms with E-state index in [0.29, 0.717) is 28.9 Å². The molecule has 1 aliphatic rings. The lowest BCUT2D eigenvalue weighted by atomic mass is 10.1. The van der Waals surface area contributed by atoms with E-state index >= 15 is 0 Å². The topological polar surface area (TPSA) is 121 Å². The second-order valence-corrected chi connectivity index (χ2v) is 9.10. The van der Waals surface area contributed by atoms with Crippen LogP contribution >= 0.6 is 0 Å². The van der Waals surface area contributed by atoms with Crippen LogP contribution in [0.5, 0.6) is 0 Å². The second-order valence-electron chi connectivity index (χ2n) is 6.87. The van der Waals surface area contributed by atoms with Crippen LogP contribution in [-0.2, 0) is 9.84 Å². The van der Waals surface area contributed by atoms with Crippen molar-refractivity contribution < 1.29 is 22.8 Å². The molecule has 8 nitrogen and oxygen atoms in total. The molecule has 1 heterocycles. The molecule has 0 bridgehead atoms. The van der Waals surface area contributed by atoms with Gasteiger partial charge in [-0.3, -0.25) is 9.59 Å². The molecule has 2 aromatic carbocycles. The lowest BCUT2D eigenvalue weighted by molar-refractivity contribution is 0.101. The summed E-state index contributed by atoms with van der Waals surface area (Å²) >= 11 is 0. The van der Waals surface area contributed by atoms with Gasteiger partial charge < -0.3 is 16.0 Å². The average Bonchev–Trinajstić information content (AvgIpc) is 3.00. The number of hydrogen-bond donors (Lipinski definition) is 3. The number of rotatable bonds is 5. The minimum atomic E-state index is -3.07. The Morgan fingerprint density at radius 2 is 1.66 bits per heavy atom. The summed E-state index contributed by atoms with van der Waals surface area (Å²) < 4.78 is 22.9. The maximum Gasteiger partial charge on any atom is 0.319 e. The predicted molar refractivity (Wildman–Crippen MR) is 110 cm³/mol. The Morgan fingerprint density at radius 3 is 2.28 bits per heavy atom. The highest BCUT2D eigenvalue weighted by atomic mass is 32.2. The lowest BCUT2D eigenvalue weighted by Gasteiger charge is -2.12. The van der Waals surface area contributed by atoms with Gasteiger partial charge in [0.25, 0.3) is 5.91 Å². The molecule has 1 unspecified atom stereocenters. The number of nitrogens with one attached hydrogen (secondary N) is 3. The molecule has 1 aliphatic heterocycles. The SMILES string of the molecule is CC(=O)c1cccc(NC(=O)c2ccc(NC(=O)NC3CCS(=O)(=O)C3)cc2)c1. The summed E-state index contributed by atoms with van der Waals surface area (Å²) in [5.41, 5.74) is 1.86. The molecule has 0 aromatic heterocycles. The largest absolute Gasteiger partial charge is 0.334 e. The van der Waals surface area contributed by atoms with Crippen molar-refractivity contribution in [3.8, 4) is 0 Å². The Balaban J connectivity index is 1.56. The van der Waals surface area contributed by atoms with E-state index < -0.39 is 21.9 Å². The summed E-state index contributed by atoms with van der Waals surface area (Å²) in [6.45, 7) is 1.45.